The monoisotopic (exact) mass is 380 g/mol. The molecule has 1 atom stereocenters. The van der Waals surface area contributed by atoms with Crippen LogP contribution < -0.4 is 4.81 Å². The topological polar surface area (TPSA) is 26.6 Å². The summed E-state index contributed by atoms with van der Waals surface area (Å²) < 4.78 is 14.5. The largest absolute Gasteiger partial charge is 0.444 e. The Morgan fingerprint density at radius 1 is 1.33 bits per heavy atom. The molecule has 4 nitrogen and oxygen atoms in total. The van der Waals surface area contributed by atoms with Gasteiger partial charge >= 0.3 is 7.05 Å². The quantitative estimate of drug-likeness (QED) is 0.548. The van der Waals surface area contributed by atoms with Crippen molar-refractivity contribution < 1.29 is 9.08 Å². The Morgan fingerprint density at radius 2 is 2.11 bits per heavy atom. The van der Waals surface area contributed by atoms with Crippen LogP contribution in [0, 0.1) is 0 Å². The van der Waals surface area contributed by atoms with Gasteiger partial charge in [0.25, 0.3) is 0 Å². The molecule has 27 heavy (non-hydrogen) atoms. The highest BCUT2D eigenvalue weighted by molar-refractivity contribution is 6.74. The molecular weight excluding hydrogens is 351 g/mol. The third-order valence-electron chi connectivity index (χ3n) is 6.39. The van der Waals surface area contributed by atoms with Gasteiger partial charge in [-0.1, -0.05) is 38.9 Å². The van der Waals surface area contributed by atoms with Crippen molar-refractivity contribution in [3.05, 3.63) is 48.6 Å². The first-order chi connectivity index (χ1) is 12.7. The van der Waals surface area contributed by atoms with Crippen LogP contribution in [0.1, 0.15) is 26.3 Å². The first-order valence-electron chi connectivity index (χ1n) is 9.69. The highest BCUT2D eigenvalue weighted by Crippen LogP contribution is 2.39. The molecule has 4 rings (SSSR count). The summed E-state index contributed by atoms with van der Waals surface area (Å²) in [5.74, 6) is 2.15. The van der Waals surface area contributed by atoms with Gasteiger partial charge in [-0.2, -0.15) is 0 Å². The van der Waals surface area contributed by atoms with Gasteiger partial charge in [-0.3, -0.25) is 0 Å². The Hall–Kier alpha value is -1.76. The minimum atomic E-state index is -1.78. The first kappa shape index (κ1) is 18.6. The third kappa shape index (κ3) is 3.00. The van der Waals surface area contributed by atoms with Crippen molar-refractivity contribution in [3.63, 3.8) is 0 Å². The van der Waals surface area contributed by atoms with Crippen LogP contribution in [0.5, 0.6) is 0 Å². The Balaban J connectivity index is 1.67. The van der Waals surface area contributed by atoms with Crippen LogP contribution in [0.2, 0.25) is 18.1 Å². The predicted molar refractivity (Wildman–Crippen MR) is 117 cm³/mol. The van der Waals surface area contributed by atoms with E-state index in [1.807, 2.05) is 6.08 Å². The maximum atomic E-state index is 6.43. The molecule has 1 unspecified atom stereocenters. The smallest absolute Gasteiger partial charge is 0.411 e. The van der Waals surface area contributed by atoms with Gasteiger partial charge in [-0.25, -0.2) is 0 Å². The van der Waals surface area contributed by atoms with Crippen molar-refractivity contribution in [1.82, 2.24) is 4.57 Å². The third-order valence-corrected chi connectivity index (χ3v) is 10.9. The Bertz CT molecular complexity index is 913. The number of rotatable bonds is 4. The van der Waals surface area contributed by atoms with Crippen LogP contribution in [0.25, 0.3) is 17.0 Å². The molecule has 142 valence electrons. The number of nitrogens with zero attached hydrogens (tertiary/aromatic N) is 2. The molecule has 1 aromatic heterocycles. The molecule has 2 aliphatic heterocycles. The van der Waals surface area contributed by atoms with Gasteiger partial charge in [0, 0.05) is 22.8 Å². The summed E-state index contributed by atoms with van der Waals surface area (Å²) in [6.07, 6.45) is 6.32. The SMILES string of the molecule is C=CC1COB2C=Cc3c(ccc4c3ccn4CO[Si](C)(C)C(C)(C)C)N21. The molecule has 2 aromatic rings. The van der Waals surface area contributed by atoms with E-state index in [1.54, 1.807) is 0 Å². The highest BCUT2D eigenvalue weighted by Gasteiger charge is 2.39. The molecule has 0 amide bonds. The van der Waals surface area contributed by atoms with E-state index in [-0.39, 0.29) is 18.1 Å². The van der Waals surface area contributed by atoms with Crippen molar-refractivity contribution in [3.8, 4) is 0 Å². The lowest BCUT2D eigenvalue weighted by Crippen LogP contribution is -2.41. The van der Waals surface area contributed by atoms with E-state index in [4.69, 9.17) is 9.08 Å². The Kier molecular flexibility index (Phi) is 4.41. The van der Waals surface area contributed by atoms with Gasteiger partial charge in [0.05, 0.1) is 18.2 Å². The van der Waals surface area contributed by atoms with E-state index in [1.165, 1.54) is 22.2 Å². The van der Waals surface area contributed by atoms with Crippen LogP contribution in [-0.4, -0.2) is 32.6 Å². The molecule has 0 bridgehead atoms. The fraction of sp³-hybridized carbons (Fsp3) is 0.429. The number of fused-ring (bicyclic) bond motifs is 5. The van der Waals surface area contributed by atoms with E-state index in [0.29, 0.717) is 13.3 Å². The minimum Gasteiger partial charge on any atom is -0.411 e. The molecule has 1 saturated heterocycles. The number of hydrogen-bond donors (Lipinski definition) is 0. The summed E-state index contributed by atoms with van der Waals surface area (Å²) in [6, 6.07) is 6.84. The summed E-state index contributed by atoms with van der Waals surface area (Å²) in [5, 5.41) is 1.47. The molecule has 0 aliphatic carbocycles. The lowest BCUT2D eigenvalue weighted by Gasteiger charge is -2.36. The second-order valence-electron chi connectivity index (χ2n) is 9.04. The summed E-state index contributed by atoms with van der Waals surface area (Å²) in [6.45, 7) is 16.7. The van der Waals surface area contributed by atoms with Crippen molar-refractivity contribution >= 4 is 38.0 Å². The van der Waals surface area contributed by atoms with E-state index >= 15 is 0 Å². The van der Waals surface area contributed by atoms with E-state index < -0.39 is 8.32 Å². The molecule has 3 heterocycles. The first-order valence-corrected chi connectivity index (χ1v) is 12.6. The van der Waals surface area contributed by atoms with E-state index in [0.717, 1.165) is 0 Å². The molecular formula is C21H29BN2O2Si. The van der Waals surface area contributed by atoms with Gasteiger partial charge in [0.1, 0.15) is 6.73 Å². The number of hydrogen-bond acceptors (Lipinski definition) is 3. The van der Waals surface area contributed by atoms with Gasteiger partial charge in [0.15, 0.2) is 8.32 Å². The minimum absolute atomic E-state index is 0.0157. The zero-order chi connectivity index (χ0) is 19.4. The van der Waals surface area contributed by atoms with Gasteiger partial charge in [-0.05, 0) is 36.3 Å². The van der Waals surface area contributed by atoms with E-state index in [9.17, 15) is 0 Å². The summed E-state index contributed by atoms with van der Waals surface area (Å²) >= 11 is 0. The second-order valence-corrected chi connectivity index (χ2v) is 13.9. The maximum Gasteiger partial charge on any atom is 0.444 e. The van der Waals surface area contributed by atoms with E-state index in [2.05, 4.69) is 86.3 Å². The van der Waals surface area contributed by atoms with Crippen LogP contribution in [-0.2, 0) is 15.8 Å². The molecule has 2 aliphatic rings. The highest BCUT2D eigenvalue weighted by atomic mass is 28.4. The van der Waals surface area contributed by atoms with Crippen molar-refractivity contribution in [2.24, 2.45) is 0 Å². The van der Waals surface area contributed by atoms with Crippen LogP contribution in [0.3, 0.4) is 0 Å². The van der Waals surface area contributed by atoms with Crippen molar-refractivity contribution in [2.45, 2.75) is 51.7 Å². The standard InChI is InChI=1S/C21H29BN2O2Si/c1-7-16-14-25-22-12-10-17-18-11-13-23(15-26-27(5,6)21(2,3)4)19(18)8-9-20(17)24(16)22/h7-13,16H,1,14-15H2,2-6H3. The summed E-state index contributed by atoms with van der Waals surface area (Å²) in [7, 11) is -1.76. The molecule has 1 fully saturated rings. The summed E-state index contributed by atoms with van der Waals surface area (Å²) in [5.41, 5.74) is 3.69. The molecule has 0 saturated carbocycles. The van der Waals surface area contributed by atoms with Crippen molar-refractivity contribution in [1.29, 1.82) is 0 Å². The fourth-order valence-electron chi connectivity index (χ4n) is 3.61. The average molecular weight is 380 g/mol. The second kappa shape index (κ2) is 6.40. The average Bonchev–Trinajstić information content (AvgIpc) is 3.22. The lowest BCUT2D eigenvalue weighted by molar-refractivity contribution is 0.217. The number of aromatic nitrogens is 1. The Labute approximate surface area is 163 Å². The molecule has 0 spiro atoms. The predicted octanol–water partition coefficient (Wildman–Crippen LogP) is 5.07. The van der Waals surface area contributed by atoms with Crippen LogP contribution in [0.15, 0.2) is 43.0 Å². The van der Waals surface area contributed by atoms with Crippen LogP contribution in [0.4, 0.5) is 5.69 Å². The molecule has 1 aromatic carbocycles. The normalized spacial score (nSPS) is 19.5. The van der Waals surface area contributed by atoms with Crippen molar-refractivity contribution in [2.75, 3.05) is 11.4 Å². The maximum absolute atomic E-state index is 6.43. The molecule has 0 N–H and O–H groups in total. The summed E-state index contributed by atoms with van der Waals surface area (Å²) in [4.78, 5) is 2.32. The fourth-order valence-corrected chi connectivity index (χ4v) is 4.51. The van der Waals surface area contributed by atoms with Gasteiger partial charge in [-0.15, -0.1) is 6.58 Å². The number of anilines is 1. The molecule has 0 radical (unpaired) electrons. The zero-order valence-corrected chi connectivity index (χ0v) is 18.0. The van der Waals surface area contributed by atoms with Crippen LogP contribution >= 0.6 is 0 Å². The van der Waals surface area contributed by atoms with Gasteiger partial charge in [0.2, 0.25) is 0 Å². The zero-order valence-electron chi connectivity index (χ0n) is 17.0. The Morgan fingerprint density at radius 3 is 2.81 bits per heavy atom. The lowest BCUT2D eigenvalue weighted by atomic mass is 9.75. The number of benzene rings is 1. The molecule has 6 heteroatoms. The van der Waals surface area contributed by atoms with Gasteiger partial charge < -0.3 is 18.5 Å².